The van der Waals surface area contributed by atoms with Gasteiger partial charge in [0.2, 0.25) is 5.95 Å². The highest BCUT2D eigenvalue weighted by molar-refractivity contribution is 9.10. The number of rotatable bonds is 4. The number of nitrogens with one attached hydrogen (secondary N) is 1. The third-order valence-corrected chi connectivity index (χ3v) is 4.44. The van der Waals surface area contributed by atoms with E-state index in [0.717, 1.165) is 22.7 Å². The van der Waals surface area contributed by atoms with Crippen LogP contribution in [0.15, 0.2) is 22.1 Å². The van der Waals surface area contributed by atoms with Crippen molar-refractivity contribution in [2.75, 3.05) is 5.32 Å². The van der Waals surface area contributed by atoms with Crippen LogP contribution in [0.2, 0.25) is 0 Å². The highest BCUT2D eigenvalue weighted by Crippen LogP contribution is 2.26. The van der Waals surface area contributed by atoms with E-state index in [9.17, 15) is 0 Å². The molecule has 2 aromatic heterocycles. The number of nitrogens with zero attached hydrogens (tertiary/aromatic N) is 2. The van der Waals surface area contributed by atoms with Gasteiger partial charge in [0.1, 0.15) is 0 Å². The molecule has 2 heterocycles. The molecular weight excluding hydrogens is 298 g/mol. The highest BCUT2D eigenvalue weighted by atomic mass is 79.9. The van der Waals surface area contributed by atoms with Crippen LogP contribution in [0, 0.1) is 6.92 Å². The van der Waals surface area contributed by atoms with Crippen molar-refractivity contribution in [3.8, 4) is 0 Å². The Morgan fingerprint density at radius 1 is 1.59 bits per heavy atom. The molecule has 0 bridgehead atoms. The number of hydrogen-bond donors (Lipinski definition) is 1. The Morgan fingerprint density at radius 2 is 2.41 bits per heavy atom. The lowest BCUT2D eigenvalue weighted by Crippen LogP contribution is -2.09. The summed E-state index contributed by atoms with van der Waals surface area (Å²) < 4.78 is 3.36. The van der Waals surface area contributed by atoms with Gasteiger partial charge in [-0.15, -0.1) is 11.3 Å². The SMILES string of the molecule is Cc1cn(Cc2cc(Br)cs2)c(NC2CC2)n1. The quantitative estimate of drug-likeness (QED) is 0.934. The normalized spacial score (nSPS) is 15.2. The zero-order chi connectivity index (χ0) is 11.8. The second-order valence-electron chi connectivity index (χ2n) is 4.48. The summed E-state index contributed by atoms with van der Waals surface area (Å²) in [6, 6.07) is 2.81. The van der Waals surface area contributed by atoms with Crippen molar-refractivity contribution < 1.29 is 0 Å². The molecule has 0 radical (unpaired) electrons. The fourth-order valence-electron chi connectivity index (χ4n) is 1.80. The fourth-order valence-corrected chi connectivity index (χ4v) is 3.25. The van der Waals surface area contributed by atoms with Crippen molar-refractivity contribution in [2.45, 2.75) is 32.4 Å². The number of imidazole rings is 1. The fraction of sp³-hybridized carbons (Fsp3) is 0.417. The third-order valence-electron chi connectivity index (χ3n) is 2.76. The Labute approximate surface area is 113 Å². The average molecular weight is 312 g/mol. The number of aromatic nitrogens is 2. The Bertz CT molecular complexity index is 528. The van der Waals surface area contributed by atoms with Gasteiger partial charge in [0.25, 0.3) is 0 Å². The van der Waals surface area contributed by atoms with E-state index < -0.39 is 0 Å². The largest absolute Gasteiger partial charge is 0.353 e. The van der Waals surface area contributed by atoms with Crippen molar-refractivity contribution in [3.05, 3.63) is 32.7 Å². The zero-order valence-corrected chi connectivity index (χ0v) is 12.0. The standard InChI is InChI=1S/C12H14BrN3S/c1-8-5-16(6-11-4-9(13)7-17-11)12(14-8)15-10-2-3-10/h4-5,7,10H,2-3,6H2,1H3,(H,14,15). The van der Waals surface area contributed by atoms with Crippen LogP contribution in [-0.4, -0.2) is 15.6 Å². The molecule has 1 aliphatic rings. The van der Waals surface area contributed by atoms with Crippen LogP contribution >= 0.6 is 27.3 Å². The van der Waals surface area contributed by atoms with Crippen LogP contribution in [-0.2, 0) is 6.54 Å². The third kappa shape index (κ3) is 2.72. The monoisotopic (exact) mass is 311 g/mol. The first kappa shape index (κ1) is 11.3. The Balaban J connectivity index is 1.80. The molecular formula is C12H14BrN3S. The molecule has 0 aliphatic heterocycles. The predicted octanol–water partition coefficient (Wildman–Crippen LogP) is 3.64. The molecule has 0 saturated heterocycles. The maximum absolute atomic E-state index is 4.54. The Kier molecular flexibility index (Phi) is 2.96. The minimum atomic E-state index is 0.644. The lowest BCUT2D eigenvalue weighted by molar-refractivity contribution is 0.807. The molecule has 2 aromatic rings. The van der Waals surface area contributed by atoms with Gasteiger partial charge in [-0.05, 0) is 41.8 Å². The summed E-state index contributed by atoms with van der Waals surface area (Å²) in [4.78, 5) is 5.88. The van der Waals surface area contributed by atoms with E-state index in [1.807, 2.05) is 6.92 Å². The van der Waals surface area contributed by atoms with Gasteiger partial charge in [0, 0.05) is 27.0 Å². The second kappa shape index (κ2) is 4.46. The van der Waals surface area contributed by atoms with E-state index in [2.05, 4.69) is 48.4 Å². The van der Waals surface area contributed by atoms with Crippen molar-refractivity contribution in [2.24, 2.45) is 0 Å². The van der Waals surface area contributed by atoms with E-state index in [4.69, 9.17) is 0 Å². The van der Waals surface area contributed by atoms with Crippen molar-refractivity contribution >= 4 is 33.2 Å². The van der Waals surface area contributed by atoms with Crippen LogP contribution in [0.3, 0.4) is 0 Å². The highest BCUT2D eigenvalue weighted by Gasteiger charge is 2.23. The van der Waals surface area contributed by atoms with Crippen molar-refractivity contribution in [3.63, 3.8) is 0 Å². The topological polar surface area (TPSA) is 29.9 Å². The summed E-state index contributed by atoms with van der Waals surface area (Å²) in [6.07, 6.45) is 4.66. The van der Waals surface area contributed by atoms with Crippen molar-refractivity contribution in [1.29, 1.82) is 0 Å². The molecule has 1 aliphatic carbocycles. The molecule has 17 heavy (non-hydrogen) atoms. The summed E-state index contributed by atoms with van der Waals surface area (Å²) in [6.45, 7) is 2.94. The van der Waals surface area contributed by atoms with Gasteiger partial charge in [0.05, 0.1) is 12.2 Å². The van der Waals surface area contributed by atoms with Crippen LogP contribution in [0.5, 0.6) is 0 Å². The molecule has 1 fully saturated rings. The smallest absolute Gasteiger partial charge is 0.203 e. The maximum atomic E-state index is 4.54. The van der Waals surface area contributed by atoms with Crippen LogP contribution in [0.1, 0.15) is 23.4 Å². The Hall–Kier alpha value is -0.810. The second-order valence-corrected chi connectivity index (χ2v) is 6.40. The molecule has 0 atom stereocenters. The van der Waals surface area contributed by atoms with E-state index in [0.29, 0.717) is 6.04 Å². The predicted molar refractivity (Wildman–Crippen MR) is 74.7 cm³/mol. The summed E-state index contributed by atoms with van der Waals surface area (Å²) >= 11 is 5.26. The summed E-state index contributed by atoms with van der Waals surface area (Å²) in [5.41, 5.74) is 1.07. The number of halogens is 1. The number of anilines is 1. The number of aryl methyl sites for hydroxylation is 1. The van der Waals surface area contributed by atoms with Gasteiger partial charge in [-0.25, -0.2) is 4.98 Å². The molecule has 5 heteroatoms. The van der Waals surface area contributed by atoms with E-state index >= 15 is 0 Å². The Morgan fingerprint density at radius 3 is 3.06 bits per heavy atom. The molecule has 0 spiro atoms. The average Bonchev–Trinajstić information content (AvgIpc) is 2.89. The first-order valence-electron chi connectivity index (χ1n) is 5.74. The van der Waals surface area contributed by atoms with Gasteiger partial charge < -0.3 is 9.88 Å². The molecule has 1 N–H and O–H groups in total. The lowest BCUT2D eigenvalue weighted by Gasteiger charge is -2.07. The van der Waals surface area contributed by atoms with Crippen LogP contribution in [0.25, 0.3) is 0 Å². The summed E-state index contributed by atoms with van der Waals surface area (Å²) in [7, 11) is 0. The number of hydrogen-bond acceptors (Lipinski definition) is 3. The molecule has 1 saturated carbocycles. The minimum absolute atomic E-state index is 0.644. The molecule has 0 unspecified atom stereocenters. The zero-order valence-electron chi connectivity index (χ0n) is 9.61. The molecule has 0 aromatic carbocycles. The van der Waals surface area contributed by atoms with Gasteiger partial charge in [0.15, 0.2) is 0 Å². The van der Waals surface area contributed by atoms with E-state index in [1.54, 1.807) is 11.3 Å². The maximum Gasteiger partial charge on any atom is 0.203 e. The molecule has 0 amide bonds. The summed E-state index contributed by atoms with van der Waals surface area (Å²) in [5, 5.41) is 5.60. The van der Waals surface area contributed by atoms with Gasteiger partial charge in [-0.2, -0.15) is 0 Å². The van der Waals surface area contributed by atoms with E-state index in [1.165, 1.54) is 17.7 Å². The van der Waals surface area contributed by atoms with Crippen molar-refractivity contribution in [1.82, 2.24) is 9.55 Å². The lowest BCUT2D eigenvalue weighted by atomic mass is 10.4. The van der Waals surface area contributed by atoms with Gasteiger partial charge in [-0.1, -0.05) is 0 Å². The van der Waals surface area contributed by atoms with Gasteiger partial charge >= 0.3 is 0 Å². The first-order valence-corrected chi connectivity index (χ1v) is 7.41. The first-order chi connectivity index (χ1) is 8.20. The molecule has 90 valence electrons. The van der Waals surface area contributed by atoms with Crippen LogP contribution in [0.4, 0.5) is 5.95 Å². The van der Waals surface area contributed by atoms with Gasteiger partial charge in [-0.3, -0.25) is 0 Å². The molecule has 3 nitrogen and oxygen atoms in total. The van der Waals surface area contributed by atoms with E-state index in [-0.39, 0.29) is 0 Å². The minimum Gasteiger partial charge on any atom is -0.353 e. The number of thiophene rings is 1. The molecule has 3 rings (SSSR count). The van der Waals surface area contributed by atoms with Crippen LogP contribution < -0.4 is 5.32 Å². The summed E-state index contributed by atoms with van der Waals surface area (Å²) in [5.74, 6) is 1.01.